The number of carbonyl (C=O) groups excluding carboxylic acids is 2. The Bertz CT molecular complexity index is 325. The van der Waals surface area contributed by atoms with Gasteiger partial charge in [0.05, 0.1) is 13.2 Å². The molecule has 0 spiro atoms. The van der Waals surface area contributed by atoms with Crippen LogP contribution in [0.25, 0.3) is 0 Å². The van der Waals surface area contributed by atoms with E-state index in [-0.39, 0.29) is 11.8 Å². The van der Waals surface area contributed by atoms with Gasteiger partial charge in [-0.15, -0.1) is 0 Å². The minimum Gasteiger partial charge on any atom is -0.356 e. The third-order valence-corrected chi connectivity index (χ3v) is 3.72. The van der Waals surface area contributed by atoms with Gasteiger partial charge >= 0.3 is 0 Å². The summed E-state index contributed by atoms with van der Waals surface area (Å²) in [6.07, 6.45) is 4.54. The van der Waals surface area contributed by atoms with Gasteiger partial charge in [0, 0.05) is 25.6 Å². The van der Waals surface area contributed by atoms with Gasteiger partial charge < -0.3 is 15.5 Å². The zero-order valence-electron chi connectivity index (χ0n) is 12.9. The lowest BCUT2D eigenvalue weighted by Crippen LogP contribution is -2.44. The Kier molecular flexibility index (Phi) is 8.96. The molecule has 0 aromatic rings. The number of hydrogen-bond donors (Lipinski definition) is 3. The van der Waals surface area contributed by atoms with Crippen LogP contribution in [0.1, 0.15) is 39.0 Å². The molecule has 0 aliphatic carbocycles. The van der Waals surface area contributed by atoms with Gasteiger partial charge in [-0.2, -0.15) is 0 Å². The molecule has 0 aromatic carbocycles. The van der Waals surface area contributed by atoms with Crippen molar-refractivity contribution in [2.75, 3.05) is 32.8 Å². The number of nitrogens with one attached hydrogen (secondary N) is 2. The molecule has 7 heteroatoms. The van der Waals surface area contributed by atoms with Crippen LogP contribution in [0.3, 0.4) is 0 Å². The summed E-state index contributed by atoms with van der Waals surface area (Å²) in [5.41, 5.74) is 0. The standard InChI is InChI=1S/C14H28N4O3/c1-12-5-2-3-9-18(12)11-14(20)17-8-6-13(19)16-7-4-10-21-15/h12H,2-11,15H2,1H3,(H,16,19)(H,17,20)/t12-/m0/s1/i1+1,9+1,12+1,17+1. The highest BCUT2D eigenvalue weighted by Crippen LogP contribution is 2.15. The molecule has 1 fully saturated rings. The topological polar surface area (TPSA) is 96.7 Å². The van der Waals surface area contributed by atoms with E-state index >= 15 is 0 Å². The zero-order chi connectivity index (χ0) is 15.5. The molecule has 1 heterocycles. The van der Waals surface area contributed by atoms with Crippen LogP contribution in [0.5, 0.6) is 0 Å². The monoisotopic (exact) mass is 304 g/mol. The molecule has 0 radical (unpaired) electrons. The second-order valence-electron chi connectivity index (χ2n) is 5.49. The van der Waals surface area contributed by atoms with Gasteiger partial charge in [0.2, 0.25) is 11.8 Å². The van der Waals surface area contributed by atoms with E-state index in [2.05, 4.69) is 27.3 Å². The quantitative estimate of drug-likeness (QED) is 0.236. The maximum atomic E-state index is 11.8. The van der Waals surface area contributed by atoms with Gasteiger partial charge in [-0.3, -0.25) is 14.5 Å². The average molecular weight is 304 g/mol. The molecule has 21 heavy (non-hydrogen) atoms. The highest BCUT2D eigenvalue weighted by molar-refractivity contribution is 5.80. The summed E-state index contributed by atoms with van der Waals surface area (Å²) < 4.78 is 0. The Balaban J connectivity index is 2.05. The fourth-order valence-electron chi connectivity index (χ4n) is 2.42. The van der Waals surface area contributed by atoms with Crippen molar-refractivity contribution in [3.8, 4) is 0 Å². The maximum absolute atomic E-state index is 11.8. The first kappa shape index (κ1) is 17.9. The van der Waals surface area contributed by atoms with Crippen molar-refractivity contribution in [2.24, 2.45) is 5.90 Å². The third kappa shape index (κ3) is 7.99. The highest BCUT2D eigenvalue weighted by Gasteiger charge is 2.20. The van der Waals surface area contributed by atoms with Crippen molar-refractivity contribution in [3.05, 3.63) is 0 Å². The largest absolute Gasteiger partial charge is 0.356 e. The predicted molar refractivity (Wildman–Crippen MR) is 80.3 cm³/mol. The van der Waals surface area contributed by atoms with Crippen molar-refractivity contribution in [2.45, 2.75) is 45.1 Å². The minimum absolute atomic E-state index is 0.00641. The van der Waals surface area contributed by atoms with Crippen molar-refractivity contribution in [1.82, 2.24) is 15.5 Å². The Morgan fingerprint density at radius 2 is 2.00 bits per heavy atom. The van der Waals surface area contributed by atoms with Crippen LogP contribution >= 0.6 is 0 Å². The first-order valence-corrected chi connectivity index (χ1v) is 7.72. The average Bonchev–Trinajstić information content (AvgIpc) is 2.46. The smallest absolute Gasteiger partial charge is 0.234 e. The first-order valence-electron chi connectivity index (χ1n) is 7.72. The molecule has 7 nitrogen and oxygen atoms in total. The predicted octanol–water partition coefficient (Wildman–Crippen LogP) is -0.236. The number of nitrogens with zero attached hydrogens (tertiary/aromatic N) is 1. The van der Waals surface area contributed by atoms with Crippen molar-refractivity contribution < 1.29 is 14.4 Å². The molecular weight excluding hydrogens is 276 g/mol. The van der Waals surface area contributed by atoms with Gasteiger partial charge in [0.1, 0.15) is 0 Å². The Labute approximate surface area is 126 Å². The van der Waals surface area contributed by atoms with Crippen LogP contribution in [0.4, 0.5) is 0 Å². The second-order valence-corrected chi connectivity index (χ2v) is 5.49. The Hall–Kier alpha value is -1.18. The number of piperidine rings is 1. The van der Waals surface area contributed by atoms with Crippen molar-refractivity contribution >= 4 is 11.8 Å². The van der Waals surface area contributed by atoms with E-state index in [0.29, 0.717) is 45.1 Å². The van der Waals surface area contributed by atoms with Crippen LogP contribution in [0.2, 0.25) is 0 Å². The number of nitrogens with two attached hydrogens (primary N) is 1. The van der Waals surface area contributed by atoms with Gasteiger partial charge in [-0.1, -0.05) is 6.42 Å². The zero-order valence-corrected chi connectivity index (χ0v) is 12.9. The number of rotatable bonds is 9. The molecule has 0 unspecified atom stereocenters. The maximum Gasteiger partial charge on any atom is 0.234 e. The van der Waals surface area contributed by atoms with E-state index in [9.17, 15) is 9.59 Å². The Morgan fingerprint density at radius 3 is 2.71 bits per heavy atom. The molecule has 1 aliphatic rings. The highest BCUT2D eigenvalue weighted by atomic mass is 16.6. The summed E-state index contributed by atoms with van der Waals surface area (Å²) in [4.78, 5) is 29.9. The molecule has 0 saturated carbocycles. The second kappa shape index (κ2) is 10.5. The fourth-order valence-corrected chi connectivity index (χ4v) is 2.42. The minimum atomic E-state index is -0.0707. The lowest BCUT2D eigenvalue weighted by Gasteiger charge is -2.32. The van der Waals surface area contributed by atoms with Gasteiger partial charge in [0.25, 0.3) is 0 Å². The van der Waals surface area contributed by atoms with Gasteiger partial charge in [-0.05, 0) is 32.7 Å². The van der Waals surface area contributed by atoms with Gasteiger partial charge in [0.15, 0.2) is 0 Å². The molecule has 1 rings (SSSR count). The van der Waals surface area contributed by atoms with Crippen LogP contribution in [0, 0.1) is 0 Å². The lowest BCUT2D eigenvalue weighted by atomic mass is 10.3. The molecule has 4 N–H and O–H groups in total. The number of carbonyl (C=O) groups is 2. The number of hydrogen-bond acceptors (Lipinski definition) is 5. The molecular formula is C14H28N4O3. The summed E-state index contributed by atoms with van der Waals surface area (Å²) in [6, 6.07) is 0.470. The lowest BCUT2D eigenvalue weighted by molar-refractivity contribution is -0.123. The summed E-state index contributed by atoms with van der Waals surface area (Å²) in [5, 5.41) is 5.54. The van der Waals surface area contributed by atoms with Gasteiger partial charge in [-0.25, -0.2) is 5.90 Å². The van der Waals surface area contributed by atoms with Crippen molar-refractivity contribution in [3.63, 3.8) is 0 Å². The van der Waals surface area contributed by atoms with E-state index in [1.807, 2.05) is 0 Å². The van der Waals surface area contributed by atoms with E-state index in [4.69, 9.17) is 5.90 Å². The van der Waals surface area contributed by atoms with Crippen LogP contribution in [-0.2, 0) is 14.4 Å². The molecule has 2 amide bonds. The molecule has 1 saturated heterocycles. The van der Waals surface area contributed by atoms with Crippen molar-refractivity contribution in [1.29, 1.82) is 0 Å². The summed E-state index contributed by atoms with van der Waals surface area (Å²) in [6.45, 7) is 4.90. The fraction of sp³-hybridized carbons (Fsp3) is 0.857. The van der Waals surface area contributed by atoms with E-state index < -0.39 is 0 Å². The van der Waals surface area contributed by atoms with E-state index in [1.165, 1.54) is 6.42 Å². The number of amides is 2. The molecule has 122 valence electrons. The Morgan fingerprint density at radius 1 is 1.24 bits per heavy atom. The molecule has 0 aromatic heterocycles. The first-order chi connectivity index (χ1) is 10.1. The third-order valence-electron chi connectivity index (χ3n) is 3.72. The SMILES string of the molecule is [13CH3][13C@H]1CCC[13CH2]N1CC(=O)[15NH]CCC(=O)NCCCON. The summed E-state index contributed by atoms with van der Waals surface area (Å²) >= 11 is 0. The van der Waals surface area contributed by atoms with Crippen LogP contribution < -0.4 is 16.5 Å². The summed E-state index contributed by atoms with van der Waals surface area (Å²) in [7, 11) is 0. The van der Waals surface area contributed by atoms with Crippen LogP contribution in [0.15, 0.2) is 0 Å². The number of likely N-dealkylation sites (tertiary alicyclic amines) is 1. The normalized spacial score (nSPS) is 19.2. The molecule has 1 atom stereocenters. The summed E-state index contributed by atoms with van der Waals surface area (Å²) in [5.74, 6) is 4.80. The van der Waals surface area contributed by atoms with E-state index in [1.54, 1.807) is 0 Å². The van der Waals surface area contributed by atoms with E-state index in [0.717, 1.165) is 19.4 Å². The van der Waals surface area contributed by atoms with Crippen LogP contribution in [-0.4, -0.2) is 55.5 Å². The molecule has 0 bridgehead atoms. The molecule has 1 aliphatic heterocycles.